The zero-order chi connectivity index (χ0) is 19.7. The monoisotopic (exact) mass is 384 g/mol. The summed E-state index contributed by atoms with van der Waals surface area (Å²) in [5, 5.41) is 24.0. The van der Waals surface area contributed by atoms with E-state index in [4.69, 9.17) is 4.43 Å². The zero-order valence-electron chi connectivity index (χ0n) is 16.9. The largest absolute Gasteiger partial charge is 0.393 e. The number of aliphatic hydroxyl groups is 2. The first-order valence-electron chi connectivity index (χ1n) is 9.90. The van der Waals surface area contributed by atoms with E-state index < -0.39 is 20.2 Å². The second-order valence-corrected chi connectivity index (χ2v) is 13.2. The van der Waals surface area contributed by atoms with E-state index in [0.29, 0.717) is 6.42 Å². The third kappa shape index (κ3) is 3.90. The Kier molecular flexibility index (Phi) is 5.64. The highest BCUT2D eigenvalue weighted by Gasteiger charge is 2.55. The molecule has 0 saturated heterocycles. The predicted octanol–water partition coefficient (Wildman–Crippen LogP) is 3.43. The molecule has 1 aliphatic carbocycles. The van der Waals surface area contributed by atoms with Crippen LogP contribution in [0.4, 0.5) is 0 Å². The summed E-state index contributed by atoms with van der Waals surface area (Å²) in [6.45, 7) is 8.63. The molecular formula is C23H32O3Si. The number of hydrogen-bond acceptors (Lipinski definition) is 3. The van der Waals surface area contributed by atoms with Crippen LogP contribution in [0.15, 0.2) is 60.7 Å². The minimum atomic E-state index is -2.82. The van der Waals surface area contributed by atoms with Gasteiger partial charge < -0.3 is 14.6 Å². The van der Waals surface area contributed by atoms with Crippen LogP contribution in [-0.4, -0.2) is 30.4 Å². The van der Waals surface area contributed by atoms with Gasteiger partial charge in [-0.05, 0) is 27.8 Å². The fraction of sp³-hybridized carbons (Fsp3) is 0.478. The number of benzene rings is 2. The van der Waals surface area contributed by atoms with E-state index in [0.717, 1.165) is 16.8 Å². The number of hydrogen-bond donors (Lipinski definition) is 2. The molecule has 146 valence electrons. The van der Waals surface area contributed by atoms with Crippen molar-refractivity contribution in [2.75, 3.05) is 0 Å². The molecule has 3 atom stereocenters. The van der Waals surface area contributed by atoms with Crippen LogP contribution in [0.5, 0.6) is 0 Å². The van der Waals surface area contributed by atoms with Gasteiger partial charge in [0, 0.05) is 12.8 Å². The minimum Gasteiger partial charge on any atom is -0.393 e. The molecule has 0 aromatic heterocycles. The summed E-state index contributed by atoms with van der Waals surface area (Å²) >= 11 is 0. The van der Waals surface area contributed by atoms with E-state index in [1.807, 2.05) is 43.3 Å². The summed E-state index contributed by atoms with van der Waals surface area (Å²) in [7, 11) is -2.82. The van der Waals surface area contributed by atoms with Crippen molar-refractivity contribution >= 4 is 18.7 Å². The molecule has 0 amide bonds. The van der Waals surface area contributed by atoms with Crippen LogP contribution in [-0.2, 0) is 4.43 Å². The summed E-state index contributed by atoms with van der Waals surface area (Å²) < 4.78 is 6.86. The maximum Gasteiger partial charge on any atom is 0.264 e. The molecule has 0 radical (unpaired) electrons. The fourth-order valence-corrected chi connectivity index (χ4v) is 8.99. The lowest BCUT2D eigenvalue weighted by Crippen LogP contribution is -2.70. The van der Waals surface area contributed by atoms with Crippen LogP contribution in [0.3, 0.4) is 0 Å². The van der Waals surface area contributed by atoms with Crippen molar-refractivity contribution in [2.24, 2.45) is 5.92 Å². The van der Waals surface area contributed by atoms with Gasteiger partial charge in [0.05, 0.1) is 6.10 Å². The number of rotatable bonds is 4. The topological polar surface area (TPSA) is 49.7 Å². The molecule has 2 N–H and O–H groups in total. The first kappa shape index (κ1) is 20.3. The van der Waals surface area contributed by atoms with Crippen molar-refractivity contribution in [1.29, 1.82) is 0 Å². The molecule has 0 heterocycles. The Labute approximate surface area is 164 Å². The van der Waals surface area contributed by atoms with Gasteiger partial charge in [0.2, 0.25) is 0 Å². The molecule has 4 heteroatoms. The molecule has 1 saturated carbocycles. The lowest BCUT2D eigenvalue weighted by molar-refractivity contribution is -0.194. The molecule has 0 aliphatic heterocycles. The maximum atomic E-state index is 11.4. The molecule has 3 rings (SSSR count). The smallest absolute Gasteiger partial charge is 0.264 e. The summed E-state index contributed by atoms with van der Waals surface area (Å²) in [5.74, 6) is -1.12. The van der Waals surface area contributed by atoms with E-state index in [-0.39, 0.29) is 17.4 Å². The second kappa shape index (κ2) is 7.51. The summed E-state index contributed by atoms with van der Waals surface area (Å²) in [4.78, 5) is 0. The molecule has 3 nitrogen and oxygen atoms in total. The van der Waals surface area contributed by atoms with Gasteiger partial charge in [-0.3, -0.25) is 0 Å². The Bertz CT molecular complexity index is 702. The van der Waals surface area contributed by atoms with Gasteiger partial charge in [-0.15, -0.1) is 0 Å². The minimum absolute atomic E-state index is 0.188. The van der Waals surface area contributed by atoms with E-state index in [9.17, 15) is 10.2 Å². The zero-order valence-corrected chi connectivity index (χ0v) is 17.9. The van der Waals surface area contributed by atoms with Crippen molar-refractivity contribution in [3.8, 4) is 0 Å². The third-order valence-corrected chi connectivity index (χ3v) is 11.0. The first-order valence-corrected chi connectivity index (χ1v) is 11.8. The van der Waals surface area contributed by atoms with E-state index >= 15 is 0 Å². The Morgan fingerprint density at radius 3 is 1.85 bits per heavy atom. The quantitative estimate of drug-likeness (QED) is 0.627. The maximum absolute atomic E-state index is 11.4. The molecule has 27 heavy (non-hydrogen) atoms. The SMILES string of the molecule is CC1CCC(O)(O[Si](c2ccccc2)(c2ccccc2)C(C)(C)C)CC1O. The van der Waals surface area contributed by atoms with Crippen LogP contribution in [0, 0.1) is 5.92 Å². The molecule has 2 aromatic carbocycles. The molecule has 0 spiro atoms. The van der Waals surface area contributed by atoms with E-state index in [1.54, 1.807) is 0 Å². The molecular weight excluding hydrogens is 352 g/mol. The Hall–Kier alpha value is -1.46. The van der Waals surface area contributed by atoms with Crippen LogP contribution in [0.1, 0.15) is 47.0 Å². The van der Waals surface area contributed by atoms with Gasteiger partial charge in [-0.2, -0.15) is 0 Å². The second-order valence-electron chi connectivity index (χ2n) is 9.00. The van der Waals surface area contributed by atoms with Gasteiger partial charge in [0.15, 0.2) is 5.79 Å². The van der Waals surface area contributed by atoms with Crippen LogP contribution >= 0.6 is 0 Å². The van der Waals surface area contributed by atoms with Gasteiger partial charge in [0.1, 0.15) is 0 Å². The van der Waals surface area contributed by atoms with E-state index in [2.05, 4.69) is 45.0 Å². The molecule has 1 aliphatic rings. The first-order chi connectivity index (χ1) is 12.7. The lowest BCUT2D eigenvalue weighted by atomic mass is 9.84. The van der Waals surface area contributed by atoms with Crippen molar-refractivity contribution < 1.29 is 14.6 Å². The highest BCUT2D eigenvalue weighted by molar-refractivity contribution is 6.99. The average molecular weight is 385 g/mol. The molecule has 2 aromatic rings. The predicted molar refractivity (Wildman–Crippen MR) is 113 cm³/mol. The highest BCUT2D eigenvalue weighted by atomic mass is 28.4. The van der Waals surface area contributed by atoms with Gasteiger partial charge in [0.25, 0.3) is 8.32 Å². The summed E-state index contributed by atoms with van der Waals surface area (Å²) in [6, 6.07) is 20.7. The summed E-state index contributed by atoms with van der Waals surface area (Å²) in [6.07, 6.45) is 1.03. The Balaban J connectivity index is 2.15. The van der Waals surface area contributed by atoms with Crippen LogP contribution in [0.25, 0.3) is 0 Å². The Morgan fingerprint density at radius 2 is 1.44 bits per heavy atom. The van der Waals surface area contributed by atoms with Crippen LogP contribution in [0.2, 0.25) is 5.04 Å². The molecule has 3 unspecified atom stereocenters. The van der Waals surface area contributed by atoms with Crippen molar-refractivity contribution in [1.82, 2.24) is 0 Å². The van der Waals surface area contributed by atoms with Crippen molar-refractivity contribution in [3.63, 3.8) is 0 Å². The fourth-order valence-electron chi connectivity index (χ4n) is 4.30. The normalized spacial score (nSPS) is 26.7. The standard InChI is InChI=1S/C23H32O3Si/c1-18-15-16-23(25,17-21(18)24)26-27(22(2,3)4,19-11-7-5-8-12-19)20-13-9-6-10-14-20/h5-14,18,21,24-25H,15-17H2,1-4H3. The molecule has 1 fully saturated rings. The average Bonchev–Trinajstić information content (AvgIpc) is 2.64. The summed E-state index contributed by atoms with van der Waals surface area (Å²) in [5.41, 5.74) is 0. The van der Waals surface area contributed by atoms with Crippen LogP contribution < -0.4 is 10.4 Å². The highest BCUT2D eigenvalue weighted by Crippen LogP contribution is 2.42. The van der Waals surface area contributed by atoms with Gasteiger partial charge in [-0.25, -0.2) is 0 Å². The van der Waals surface area contributed by atoms with E-state index in [1.165, 1.54) is 0 Å². The third-order valence-electron chi connectivity index (χ3n) is 5.94. The van der Waals surface area contributed by atoms with Gasteiger partial charge in [-0.1, -0.05) is 88.4 Å². The van der Waals surface area contributed by atoms with Crippen molar-refractivity contribution in [3.05, 3.63) is 60.7 Å². The molecule has 0 bridgehead atoms. The number of aliphatic hydroxyl groups excluding tert-OH is 1. The van der Waals surface area contributed by atoms with Crippen molar-refractivity contribution in [2.45, 2.75) is 63.9 Å². The Morgan fingerprint density at radius 1 is 0.963 bits per heavy atom. The lowest BCUT2D eigenvalue weighted by Gasteiger charge is -2.50. The van der Waals surface area contributed by atoms with Gasteiger partial charge >= 0.3 is 0 Å².